The second-order valence-corrected chi connectivity index (χ2v) is 6.71. The first-order valence-corrected chi connectivity index (χ1v) is 8.20. The Morgan fingerprint density at radius 2 is 2.00 bits per heavy atom. The second-order valence-electron chi connectivity index (χ2n) is 4.99. The van der Waals surface area contributed by atoms with Crippen LogP contribution >= 0.6 is 22.9 Å². The Kier molecular flexibility index (Phi) is 4.91. The minimum absolute atomic E-state index is 0.180. The van der Waals surface area contributed by atoms with Gasteiger partial charge < -0.3 is 5.32 Å². The summed E-state index contributed by atoms with van der Waals surface area (Å²) in [6, 6.07) is 9.02. The summed E-state index contributed by atoms with van der Waals surface area (Å²) < 4.78 is 28.0. The van der Waals surface area contributed by atoms with E-state index in [0.717, 1.165) is 21.7 Å². The molecule has 9 heteroatoms. The second kappa shape index (κ2) is 7.12. The third-order valence-corrected chi connectivity index (χ3v) is 4.44. The van der Waals surface area contributed by atoms with Crippen LogP contribution in [0.2, 0.25) is 4.34 Å². The quantitative estimate of drug-likeness (QED) is 0.751. The lowest BCUT2D eigenvalue weighted by molar-refractivity contribution is -0.117. The molecule has 0 unspecified atom stereocenters. The van der Waals surface area contributed by atoms with E-state index in [2.05, 4.69) is 10.4 Å². The van der Waals surface area contributed by atoms with Gasteiger partial charge in [-0.15, -0.1) is 11.3 Å². The van der Waals surface area contributed by atoms with Gasteiger partial charge in [0.15, 0.2) is 0 Å². The Morgan fingerprint density at radius 1 is 1.20 bits per heavy atom. The summed E-state index contributed by atoms with van der Waals surface area (Å²) in [4.78, 5) is 24.7. The molecule has 0 radical (unpaired) electrons. The molecule has 1 N–H and O–H groups in total. The number of thiophene rings is 1. The molecule has 5 nitrogen and oxygen atoms in total. The van der Waals surface area contributed by atoms with Crippen LogP contribution in [0.1, 0.15) is 0 Å². The number of aromatic nitrogens is 2. The Balaban J connectivity index is 1.80. The molecule has 0 bridgehead atoms. The highest BCUT2D eigenvalue weighted by Crippen LogP contribution is 2.29. The molecule has 128 valence electrons. The number of carbonyl (C=O) groups excluding carboxylic acids is 1. The first-order valence-electron chi connectivity index (χ1n) is 7.01. The summed E-state index contributed by atoms with van der Waals surface area (Å²) in [6.07, 6.45) is 0. The molecule has 0 aliphatic carbocycles. The van der Waals surface area contributed by atoms with E-state index in [4.69, 9.17) is 11.6 Å². The van der Waals surface area contributed by atoms with E-state index in [0.29, 0.717) is 16.1 Å². The number of anilines is 1. The number of carbonyl (C=O) groups is 1. The average molecular weight is 382 g/mol. The zero-order chi connectivity index (χ0) is 18.0. The fraction of sp³-hybridized carbons (Fsp3) is 0.0625. The summed E-state index contributed by atoms with van der Waals surface area (Å²) in [6.45, 7) is -0.414. The van der Waals surface area contributed by atoms with Crippen LogP contribution in [-0.4, -0.2) is 15.7 Å². The summed E-state index contributed by atoms with van der Waals surface area (Å²) in [5.41, 5.74) is -0.181. The smallest absolute Gasteiger partial charge is 0.267 e. The highest BCUT2D eigenvalue weighted by molar-refractivity contribution is 7.19. The zero-order valence-corrected chi connectivity index (χ0v) is 14.1. The van der Waals surface area contributed by atoms with Gasteiger partial charge in [0.05, 0.1) is 14.9 Å². The third-order valence-electron chi connectivity index (χ3n) is 3.19. The van der Waals surface area contributed by atoms with Crippen LogP contribution in [0.5, 0.6) is 0 Å². The predicted molar refractivity (Wildman–Crippen MR) is 91.8 cm³/mol. The van der Waals surface area contributed by atoms with Crippen molar-refractivity contribution >= 4 is 34.5 Å². The van der Waals surface area contributed by atoms with Crippen LogP contribution in [0.4, 0.5) is 14.5 Å². The van der Waals surface area contributed by atoms with Crippen molar-refractivity contribution in [3.8, 4) is 10.6 Å². The van der Waals surface area contributed by atoms with Crippen molar-refractivity contribution < 1.29 is 13.6 Å². The number of halogens is 3. The molecule has 3 aromatic rings. The van der Waals surface area contributed by atoms with Crippen molar-refractivity contribution in [1.82, 2.24) is 9.78 Å². The van der Waals surface area contributed by atoms with E-state index in [-0.39, 0.29) is 5.69 Å². The maximum absolute atomic E-state index is 13.6. The molecule has 0 spiro atoms. The maximum atomic E-state index is 13.6. The highest BCUT2D eigenvalue weighted by Gasteiger charge is 2.12. The molecule has 1 amide bonds. The van der Waals surface area contributed by atoms with Crippen LogP contribution < -0.4 is 10.9 Å². The molecule has 2 aromatic heterocycles. The Morgan fingerprint density at radius 3 is 2.68 bits per heavy atom. The lowest BCUT2D eigenvalue weighted by Crippen LogP contribution is -2.29. The normalized spacial score (nSPS) is 10.7. The molecule has 0 aliphatic rings. The fourth-order valence-corrected chi connectivity index (χ4v) is 3.07. The van der Waals surface area contributed by atoms with Crippen molar-refractivity contribution in [1.29, 1.82) is 0 Å². The number of rotatable bonds is 4. The van der Waals surface area contributed by atoms with E-state index in [9.17, 15) is 18.4 Å². The molecule has 0 saturated heterocycles. The molecule has 0 aliphatic heterocycles. The topological polar surface area (TPSA) is 64.0 Å². The van der Waals surface area contributed by atoms with Gasteiger partial charge in [-0.2, -0.15) is 5.10 Å². The molecular formula is C16H10ClF2N3O2S. The van der Waals surface area contributed by atoms with E-state index < -0.39 is 29.6 Å². The van der Waals surface area contributed by atoms with Gasteiger partial charge in [0.25, 0.3) is 5.56 Å². The van der Waals surface area contributed by atoms with Gasteiger partial charge in [-0.3, -0.25) is 9.59 Å². The van der Waals surface area contributed by atoms with Crippen molar-refractivity contribution in [2.75, 3.05) is 5.32 Å². The average Bonchev–Trinajstić information content (AvgIpc) is 2.99. The van der Waals surface area contributed by atoms with Gasteiger partial charge in [-0.1, -0.05) is 11.6 Å². The van der Waals surface area contributed by atoms with Crippen LogP contribution in [-0.2, 0) is 11.3 Å². The molecule has 2 heterocycles. The number of nitrogens with one attached hydrogen (secondary N) is 1. The van der Waals surface area contributed by atoms with E-state index in [1.165, 1.54) is 23.5 Å². The van der Waals surface area contributed by atoms with Gasteiger partial charge in [-0.05, 0) is 30.3 Å². The largest absolute Gasteiger partial charge is 0.322 e. The van der Waals surface area contributed by atoms with Crippen LogP contribution in [0, 0.1) is 11.6 Å². The van der Waals surface area contributed by atoms with Crippen molar-refractivity contribution in [2.45, 2.75) is 6.54 Å². The van der Waals surface area contributed by atoms with Crippen LogP contribution in [0.3, 0.4) is 0 Å². The van der Waals surface area contributed by atoms with E-state index >= 15 is 0 Å². The third kappa shape index (κ3) is 4.09. The first kappa shape index (κ1) is 17.2. The highest BCUT2D eigenvalue weighted by atomic mass is 35.5. The number of amides is 1. The van der Waals surface area contributed by atoms with Crippen LogP contribution in [0.15, 0.2) is 47.3 Å². The first-order chi connectivity index (χ1) is 11.9. The number of nitrogens with zero attached hydrogens (tertiary/aromatic N) is 2. The minimum Gasteiger partial charge on any atom is -0.322 e. The molecule has 3 rings (SSSR count). The number of benzene rings is 1. The SMILES string of the molecule is O=C(Cn1nc(-c2ccc(Cl)s2)ccc1=O)Nc1ccc(F)cc1F. The summed E-state index contributed by atoms with van der Waals surface area (Å²) in [5, 5.41) is 6.39. The molecular weight excluding hydrogens is 372 g/mol. The van der Waals surface area contributed by atoms with Gasteiger partial charge in [0.2, 0.25) is 5.91 Å². The molecule has 0 saturated carbocycles. The minimum atomic E-state index is -0.907. The summed E-state index contributed by atoms with van der Waals surface area (Å²) in [7, 11) is 0. The van der Waals surface area contributed by atoms with Gasteiger partial charge in [-0.25, -0.2) is 13.5 Å². The summed E-state index contributed by atoms with van der Waals surface area (Å²) >= 11 is 7.16. The Hall–Kier alpha value is -2.58. The Bertz CT molecular complexity index is 1000. The van der Waals surface area contributed by atoms with E-state index in [1.54, 1.807) is 12.1 Å². The zero-order valence-electron chi connectivity index (χ0n) is 12.5. The van der Waals surface area contributed by atoms with Gasteiger partial charge in [0, 0.05) is 12.1 Å². The molecule has 0 fully saturated rings. The predicted octanol–water partition coefficient (Wildman–Crippen LogP) is 3.54. The lowest BCUT2D eigenvalue weighted by atomic mass is 10.3. The van der Waals surface area contributed by atoms with Crippen molar-refractivity contribution in [2.24, 2.45) is 0 Å². The monoisotopic (exact) mass is 381 g/mol. The summed E-state index contributed by atoms with van der Waals surface area (Å²) in [5.74, 6) is -2.33. The Labute approximate surface area is 149 Å². The standard InChI is InChI=1S/C16H10ClF2N3O2S/c17-14-5-4-13(25-14)12-3-6-16(24)22(21-12)8-15(23)20-11-2-1-9(18)7-10(11)19/h1-7H,8H2,(H,20,23). The molecule has 1 aromatic carbocycles. The molecule has 25 heavy (non-hydrogen) atoms. The number of hydrogen-bond acceptors (Lipinski definition) is 4. The van der Waals surface area contributed by atoms with E-state index in [1.807, 2.05) is 0 Å². The lowest BCUT2D eigenvalue weighted by Gasteiger charge is -2.08. The maximum Gasteiger partial charge on any atom is 0.267 e. The van der Waals surface area contributed by atoms with Crippen molar-refractivity contribution in [3.05, 3.63) is 68.8 Å². The van der Waals surface area contributed by atoms with Crippen molar-refractivity contribution in [3.63, 3.8) is 0 Å². The van der Waals surface area contributed by atoms with Crippen LogP contribution in [0.25, 0.3) is 10.6 Å². The van der Waals surface area contributed by atoms with Gasteiger partial charge >= 0.3 is 0 Å². The number of hydrogen-bond donors (Lipinski definition) is 1. The molecule has 0 atom stereocenters. The van der Waals surface area contributed by atoms with Gasteiger partial charge in [0.1, 0.15) is 23.9 Å². The fourth-order valence-electron chi connectivity index (χ4n) is 2.06.